The van der Waals surface area contributed by atoms with E-state index in [1.54, 1.807) is 12.1 Å². The molecule has 2 unspecified atom stereocenters. The Bertz CT molecular complexity index is 633. The van der Waals surface area contributed by atoms with E-state index in [1.807, 2.05) is 12.1 Å². The minimum Gasteiger partial charge on any atom is -0.386 e. The summed E-state index contributed by atoms with van der Waals surface area (Å²) < 4.78 is 11.9. The average molecular weight is 552 g/mol. The number of hydrogen-bond acceptors (Lipinski definition) is 4. The molecule has 2 fully saturated rings. The Hall–Kier alpha value is -0.610. The maximum Gasteiger partial charge on any atom is 0.194 e. The number of hydrogen-bond donors (Lipinski definition) is 2. The molecule has 0 amide bonds. The van der Waals surface area contributed by atoms with Gasteiger partial charge in [-0.3, -0.25) is 4.99 Å². The van der Waals surface area contributed by atoms with Gasteiger partial charge in [-0.1, -0.05) is 23.7 Å². The van der Waals surface area contributed by atoms with E-state index in [9.17, 15) is 5.11 Å². The van der Waals surface area contributed by atoms with Crippen molar-refractivity contribution in [2.75, 3.05) is 39.4 Å². The molecular weight excluding hydrogens is 517 g/mol. The van der Waals surface area contributed by atoms with Gasteiger partial charge in [-0.05, 0) is 56.7 Å². The molecule has 1 aromatic carbocycles. The number of nitrogens with one attached hydrogen (secondary N) is 1. The minimum absolute atomic E-state index is 0. The zero-order valence-corrected chi connectivity index (χ0v) is 20.9. The number of benzene rings is 1. The zero-order valence-electron chi connectivity index (χ0n) is 17.8. The largest absolute Gasteiger partial charge is 0.386 e. The quantitative estimate of drug-likeness (QED) is 0.305. The van der Waals surface area contributed by atoms with Crippen molar-refractivity contribution in [2.24, 2.45) is 4.99 Å². The van der Waals surface area contributed by atoms with E-state index in [0.717, 1.165) is 57.0 Å². The summed E-state index contributed by atoms with van der Waals surface area (Å²) in [5.74, 6) is 0.856. The molecule has 1 aromatic rings. The fraction of sp³-hybridized carbons (Fsp3) is 0.682. The second-order valence-corrected chi connectivity index (χ2v) is 8.21. The van der Waals surface area contributed by atoms with Crippen LogP contribution in [0.25, 0.3) is 0 Å². The second-order valence-electron chi connectivity index (χ2n) is 7.77. The molecule has 0 aliphatic carbocycles. The van der Waals surface area contributed by atoms with E-state index in [2.05, 4.69) is 22.1 Å². The van der Waals surface area contributed by atoms with Crippen LogP contribution in [0.1, 0.15) is 50.7 Å². The summed E-state index contributed by atoms with van der Waals surface area (Å²) in [5.41, 5.74) is 0.825. The predicted octanol–water partition coefficient (Wildman–Crippen LogP) is 4.01. The maximum atomic E-state index is 10.4. The smallest absolute Gasteiger partial charge is 0.194 e. The molecule has 170 valence electrons. The number of guanidine groups is 1. The summed E-state index contributed by atoms with van der Waals surface area (Å²) in [6, 6.07) is 7.26. The first kappa shape index (κ1) is 25.6. The Kier molecular flexibility index (Phi) is 11.7. The SMILES string of the molecule is CCNC(=NCC(O)c1ccc(Cl)cc1)N1CCC(OCC2CCCCO2)CC1.I. The number of aliphatic imine (C=N–C) groups is 1. The first-order valence-corrected chi connectivity index (χ1v) is 11.2. The molecule has 2 aliphatic rings. The Morgan fingerprint density at radius 1 is 1.27 bits per heavy atom. The van der Waals surface area contributed by atoms with Crippen LogP contribution in [0.3, 0.4) is 0 Å². The topological polar surface area (TPSA) is 66.3 Å². The molecule has 2 saturated heterocycles. The molecule has 8 heteroatoms. The van der Waals surface area contributed by atoms with Crippen LogP contribution in [0, 0.1) is 0 Å². The number of halogens is 2. The Balaban J connectivity index is 0.00000320. The van der Waals surface area contributed by atoms with Gasteiger partial charge < -0.3 is 24.8 Å². The van der Waals surface area contributed by atoms with E-state index >= 15 is 0 Å². The molecule has 0 radical (unpaired) electrons. The van der Waals surface area contributed by atoms with Gasteiger partial charge in [0.25, 0.3) is 0 Å². The fourth-order valence-electron chi connectivity index (χ4n) is 3.81. The summed E-state index contributed by atoms with van der Waals surface area (Å²) in [7, 11) is 0. The molecule has 6 nitrogen and oxygen atoms in total. The van der Waals surface area contributed by atoms with Crippen LogP contribution in [-0.4, -0.2) is 67.6 Å². The summed E-state index contributed by atoms with van der Waals surface area (Å²) >= 11 is 5.92. The lowest BCUT2D eigenvalue weighted by atomic mass is 10.1. The molecular formula is C22H35ClIN3O3. The number of nitrogens with zero attached hydrogens (tertiary/aromatic N) is 2. The molecule has 2 N–H and O–H groups in total. The van der Waals surface area contributed by atoms with Gasteiger partial charge in [-0.2, -0.15) is 0 Å². The van der Waals surface area contributed by atoms with Gasteiger partial charge in [0.2, 0.25) is 0 Å². The van der Waals surface area contributed by atoms with Crippen LogP contribution in [-0.2, 0) is 9.47 Å². The Morgan fingerprint density at radius 2 is 2.00 bits per heavy atom. The van der Waals surface area contributed by atoms with Crippen LogP contribution < -0.4 is 5.32 Å². The van der Waals surface area contributed by atoms with Crippen molar-refractivity contribution in [3.05, 3.63) is 34.9 Å². The van der Waals surface area contributed by atoms with Gasteiger partial charge in [0.05, 0.1) is 31.5 Å². The van der Waals surface area contributed by atoms with Crippen LogP contribution in [0.15, 0.2) is 29.3 Å². The van der Waals surface area contributed by atoms with E-state index in [0.29, 0.717) is 24.3 Å². The number of aliphatic hydroxyl groups excluding tert-OH is 1. The van der Waals surface area contributed by atoms with Crippen molar-refractivity contribution >= 4 is 41.5 Å². The van der Waals surface area contributed by atoms with Gasteiger partial charge in [-0.25, -0.2) is 0 Å². The highest BCUT2D eigenvalue weighted by Gasteiger charge is 2.24. The van der Waals surface area contributed by atoms with Crippen LogP contribution in [0.2, 0.25) is 5.02 Å². The zero-order chi connectivity index (χ0) is 20.5. The number of ether oxygens (including phenoxy) is 2. The number of likely N-dealkylation sites (tertiary alicyclic amines) is 1. The summed E-state index contributed by atoms with van der Waals surface area (Å²) in [6.45, 7) is 6.57. The van der Waals surface area contributed by atoms with Crippen molar-refractivity contribution in [3.63, 3.8) is 0 Å². The lowest BCUT2D eigenvalue weighted by molar-refractivity contribution is -0.0721. The molecule has 2 heterocycles. The van der Waals surface area contributed by atoms with Crippen molar-refractivity contribution in [2.45, 2.75) is 57.3 Å². The van der Waals surface area contributed by atoms with E-state index in [-0.39, 0.29) is 30.1 Å². The highest BCUT2D eigenvalue weighted by atomic mass is 127. The van der Waals surface area contributed by atoms with Gasteiger partial charge in [-0.15, -0.1) is 24.0 Å². The first-order valence-electron chi connectivity index (χ1n) is 10.9. The highest BCUT2D eigenvalue weighted by Crippen LogP contribution is 2.19. The Morgan fingerprint density at radius 3 is 2.63 bits per heavy atom. The third-order valence-electron chi connectivity index (χ3n) is 5.54. The molecule has 2 aliphatic heterocycles. The molecule has 2 atom stereocenters. The number of rotatable bonds is 7. The molecule has 0 aromatic heterocycles. The summed E-state index contributed by atoms with van der Waals surface area (Å²) in [4.78, 5) is 6.93. The number of aliphatic hydroxyl groups is 1. The third-order valence-corrected chi connectivity index (χ3v) is 5.79. The third kappa shape index (κ3) is 8.15. The highest BCUT2D eigenvalue weighted by molar-refractivity contribution is 14.0. The van der Waals surface area contributed by atoms with Crippen LogP contribution >= 0.6 is 35.6 Å². The lowest BCUT2D eigenvalue weighted by Crippen LogP contribution is -2.47. The molecule has 3 rings (SSSR count). The second kappa shape index (κ2) is 13.7. The molecule has 0 spiro atoms. The summed E-state index contributed by atoms with van der Waals surface area (Å²) in [5, 5.41) is 14.4. The lowest BCUT2D eigenvalue weighted by Gasteiger charge is -2.35. The van der Waals surface area contributed by atoms with E-state index in [4.69, 9.17) is 21.1 Å². The van der Waals surface area contributed by atoms with Gasteiger partial charge in [0, 0.05) is 31.3 Å². The van der Waals surface area contributed by atoms with E-state index < -0.39 is 6.10 Å². The van der Waals surface area contributed by atoms with Crippen molar-refractivity contribution in [3.8, 4) is 0 Å². The molecule has 0 saturated carbocycles. The average Bonchev–Trinajstić information content (AvgIpc) is 2.76. The van der Waals surface area contributed by atoms with E-state index in [1.165, 1.54) is 12.8 Å². The van der Waals surface area contributed by atoms with Crippen molar-refractivity contribution in [1.82, 2.24) is 10.2 Å². The van der Waals surface area contributed by atoms with Gasteiger partial charge in [0.1, 0.15) is 0 Å². The monoisotopic (exact) mass is 551 g/mol. The molecule has 0 bridgehead atoms. The van der Waals surface area contributed by atoms with Gasteiger partial charge >= 0.3 is 0 Å². The Labute approximate surface area is 202 Å². The van der Waals surface area contributed by atoms with Crippen LogP contribution in [0.5, 0.6) is 0 Å². The van der Waals surface area contributed by atoms with Crippen LogP contribution in [0.4, 0.5) is 0 Å². The molecule has 30 heavy (non-hydrogen) atoms. The normalized spacial score (nSPS) is 21.8. The minimum atomic E-state index is -0.641. The van der Waals surface area contributed by atoms with Gasteiger partial charge in [0.15, 0.2) is 5.96 Å². The maximum absolute atomic E-state index is 10.4. The fourth-order valence-corrected chi connectivity index (χ4v) is 3.93. The standard InChI is InChI=1S/C22H34ClN3O3.HI/c1-2-24-22(25-15-21(27)17-6-8-18(23)9-7-17)26-12-10-19(11-13-26)29-16-20-5-3-4-14-28-20;/h6-9,19-21,27H,2-5,10-16H2,1H3,(H,24,25);1H. The first-order chi connectivity index (χ1) is 14.2. The summed E-state index contributed by atoms with van der Waals surface area (Å²) in [6.07, 6.45) is 5.43. The van der Waals surface area contributed by atoms with Crippen molar-refractivity contribution < 1.29 is 14.6 Å². The van der Waals surface area contributed by atoms with Crippen molar-refractivity contribution in [1.29, 1.82) is 0 Å². The predicted molar refractivity (Wildman–Crippen MR) is 132 cm³/mol. The number of piperidine rings is 1.